The van der Waals surface area contributed by atoms with Crippen LogP contribution in [-0.4, -0.2) is 24.5 Å². The smallest absolute Gasteiger partial charge is 0.126 e. The van der Waals surface area contributed by atoms with Crippen molar-refractivity contribution < 1.29 is 4.39 Å². The van der Waals surface area contributed by atoms with Crippen LogP contribution in [-0.2, 0) is 6.54 Å². The highest BCUT2D eigenvalue weighted by Gasteiger charge is 2.19. The Kier molecular flexibility index (Phi) is 6.76. The largest absolute Gasteiger partial charge is 0.330 e. The molecule has 1 fully saturated rings. The molecule has 108 valence electrons. The summed E-state index contributed by atoms with van der Waals surface area (Å²) in [6.07, 6.45) is 3.63. The maximum atomic E-state index is 13.5. The molecule has 1 aliphatic heterocycles. The molecule has 0 bridgehead atoms. The van der Waals surface area contributed by atoms with Gasteiger partial charge in [0.1, 0.15) is 5.82 Å². The summed E-state index contributed by atoms with van der Waals surface area (Å²) >= 11 is 0. The van der Waals surface area contributed by atoms with Crippen molar-refractivity contribution in [3.63, 3.8) is 0 Å². The summed E-state index contributed by atoms with van der Waals surface area (Å²) in [5.41, 5.74) is 7.42. The van der Waals surface area contributed by atoms with Crippen molar-refractivity contribution in [2.75, 3.05) is 19.6 Å². The molecule has 0 radical (unpaired) electrons. The number of likely N-dealkylation sites (tertiary alicyclic amines) is 1. The minimum absolute atomic E-state index is 0. The van der Waals surface area contributed by atoms with Crippen molar-refractivity contribution in [2.45, 2.75) is 32.7 Å². The van der Waals surface area contributed by atoms with E-state index in [9.17, 15) is 4.39 Å². The molecule has 1 heterocycles. The van der Waals surface area contributed by atoms with Gasteiger partial charge in [-0.1, -0.05) is 12.1 Å². The molecule has 0 spiro atoms. The molecule has 1 aromatic carbocycles. The third kappa shape index (κ3) is 4.75. The van der Waals surface area contributed by atoms with E-state index in [0.717, 1.165) is 49.6 Å². The lowest BCUT2D eigenvalue weighted by molar-refractivity contribution is 0.163. The van der Waals surface area contributed by atoms with Crippen LogP contribution in [0.15, 0.2) is 18.2 Å². The van der Waals surface area contributed by atoms with Gasteiger partial charge in [-0.05, 0) is 62.4 Å². The van der Waals surface area contributed by atoms with E-state index < -0.39 is 0 Å². The number of nitrogens with zero attached hydrogens (tertiary/aromatic N) is 1. The van der Waals surface area contributed by atoms with Crippen LogP contribution in [0.25, 0.3) is 0 Å². The molecule has 1 saturated heterocycles. The maximum absolute atomic E-state index is 13.5. The van der Waals surface area contributed by atoms with E-state index in [4.69, 9.17) is 5.73 Å². The summed E-state index contributed by atoms with van der Waals surface area (Å²) in [6.45, 7) is 5.66. The summed E-state index contributed by atoms with van der Waals surface area (Å²) in [7, 11) is 0. The van der Waals surface area contributed by atoms with E-state index in [1.807, 2.05) is 12.1 Å². The molecule has 2 N–H and O–H groups in total. The standard InChI is InChI=1S/C15H23FN2.ClH/c1-12-4-5-14(9-15(12)16)11-18-8-2-3-13(10-18)6-7-17;/h4-5,9,13H,2-3,6-8,10-11,17H2,1H3;1H. The molecule has 1 unspecified atom stereocenters. The van der Waals surface area contributed by atoms with E-state index in [2.05, 4.69) is 4.90 Å². The van der Waals surface area contributed by atoms with Gasteiger partial charge in [0.2, 0.25) is 0 Å². The van der Waals surface area contributed by atoms with E-state index in [1.54, 1.807) is 13.0 Å². The number of piperidine rings is 1. The van der Waals surface area contributed by atoms with Crippen LogP contribution in [0.2, 0.25) is 0 Å². The Balaban J connectivity index is 0.00000180. The topological polar surface area (TPSA) is 29.3 Å². The Morgan fingerprint density at radius 3 is 2.89 bits per heavy atom. The minimum atomic E-state index is -0.0944. The number of rotatable bonds is 4. The number of halogens is 2. The van der Waals surface area contributed by atoms with Gasteiger partial charge in [-0.15, -0.1) is 12.4 Å². The zero-order valence-electron chi connectivity index (χ0n) is 11.6. The molecule has 4 heteroatoms. The number of nitrogens with two attached hydrogens (primary N) is 1. The lowest BCUT2D eigenvalue weighted by Crippen LogP contribution is -2.35. The second-order valence-corrected chi connectivity index (χ2v) is 5.40. The van der Waals surface area contributed by atoms with Crippen molar-refractivity contribution in [1.82, 2.24) is 4.90 Å². The predicted octanol–water partition coefficient (Wildman–Crippen LogP) is 3.12. The van der Waals surface area contributed by atoms with Crippen LogP contribution in [0.3, 0.4) is 0 Å². The van der Waals surface area contributed by atoms with Gasteiger partial charge in [-0.2, -0.15) is 0 Å². The molecule has 0 amide bonds. The van der Waals surface area contributed by atoms with Gasteiger partial charge in [0.15, 0.2) is 0 Å². The fourth-order valence-electron chi connectivity index (χ4n) is 2.76. The first-order valence-corrected chi connectivity index (χ1v) is 6.86. The molecule has 2 nitrogen and oxygen atoms in total. The summed E-state index contributed by atoms with van der Waals surface area (Å²) in [6, 6.07) is 5.57. The second kappa shape index (κ2) is 7.83. The highest BCUT2D eigenvalue weighted by Crippen LogP contribution is 2.21. The highest BCUT2D eigenvalue weighted by atomic mass is 35.5. The molecule has 19 heavy (non-hydrogen) atoms. The van der Waals surface area contributed by atoms with E-state index in [0.29, 0.717) is 0 Å². The lowest BCUT2D eigenvalue weighted by Gasteiger charge is -2.32. The zero-order valence-corrected chi connectivity index (χ0v) is 12.4. The second-order valence-electron chi connectivity index (χ2n) is 5.40. The van der Waals surface area contributed by atoms with Crippen molar-refractivity contribution in [3.05, 3.63) is 35.1 Å². The predicted molar refractivity (Wildman–Crippen MR) is 80.1 cm³/mol. The Morgan fingerprint density at radius 1 is 1.42 bits per heavy atom. The number of hydrogen-bond acceptors (Lipinski definition) is 2. The molecule has 0 saturated carbocycles. The van der Waals surface area contributed by atoms with Crippen LogP contribution in [0.4, 0.5) is 4.39 Å². The quantitative estimate of drug-likeness (QED) is 0.921. The average Bonchev–Trinajstić information content (AvgIpc) is 2.35. The Labute approximate surface area is 121 Å². The Bertz CT molecular complexity index is 396. The molecule has 0 aliphatic carbocycles. The van der Waals surface area contributed by atoms with Gasteiger partial charge >= 0.3 is 0 Å². The minimum Gasteiger partial charge on any atom is -0.330 e. The number of aryl methyl sites for hydroxylation is 1. The first kappa shape index (κ1) is 16.4. The fourth-order valence-corrected chi connectivity index (χ4v) is 2.76. The van der Waals surface area contributed by atoms with Gasteiger partial charge in [0.25, 0.3) is 0 Å². The summed E-state index contributed by atoms with van der Waals surface area (Å²) < 4.78 is 13.5. The van der Waals surface area contributed by atoms with Crippen molar-refractivity contribution in [2.24, 2.45) is 11.7 Å². The molecule has 1 aromatic rings. The van der Waals surface area contributed by atoms with Gasteiger partial charge < -0.3 is 5.73 Å². The van der Waals surface area contributed by atoms with E-state index in [-0.39, 0.29) is 18.2 Å². The van der Waals surface area contributed by atoms with Crippen LogP contribution in [0.1, 0.15) is 30.4 Å². The number of benzene rings is 1. The van der Waals surface area contributed by atoms with Gasteiger partial charge in [0.05, 0.1) is 0 Å². The average molecular weight is 287 g/mol. The van der Waals surface area contributed by atoms with Crippen LogP contribution in [0.5, 0.6) is 0 Å². The Morgan fingerprint density at radius 2 is 2.21 bits per heavy atom. The van der Waals surface area contributed by atoms with Gasteiger partial charge in [-0.25, -0.2) is 4.39 Å². The molecular formula is C15H24ClFN2. The lowest BCUT2D eigenvalue weighted by atomic mass is 9.94. The summed E-state index contributed by atoms with van der Waals surface area (Å²) in [5, 5.41) is 0. The summed E-state index contributed by atoms with van der Waals surface area (Å²) in [5.74, 6) is 0.627. The normalized spacial score (nSPS) is 20.1. The van der Waals surface area contributed by atoms with Crippen molar-refractivity contribution in [3.8, 4) is 0 Å². The van der Waals surface area contributed by atoms with E-state index >= 15 is 0 Å². The first-order valence-electron chi connectivity index (χ1n) is 6.86. The Hall–Kier alpha value is -0.640. The first-order chi connectivity index (χ1) is 8.69. The monoisotopic (exact) mass is 286 g/mol. The summed E-state index contributed by atoms with van der Waals surface area (Å²) in [4.78, 5) is 2.42. The van der Waals surface area contributed by atoms with Crippen molar-refractivity contribution in [1.29, 1.82) is 0 Å². The van der Waals surface area contributed by atoms with E-state index in [1.165, 1.54) is 12.8 Å². The molecule has 1 atom stereocenters. The third-order valence-corrected chi connectivity index (χ3v) is 3.82. The van der Waals surface area contributed by atoms with Crippen molar-refractivity contribution >= 4 is 12.4 Å². The number of hydrogen-bond donors (Lipinski definition) is 1. The fraction of sp³-hybridized carbons (Fsp3) is 0.600. The molecule has 2 rings (SSSR count). The van der Waals surface area contributed by atoms with Gasteiger partial charge in [-0.3, -0.25) is 4.90 Å². The molecule has 0 aromatic heterocycles. The van der Waals surface area contributed by atoms with Crippen LogP contribution >= 0.6 is 12.4 Å². The molecule has 1 aliphatic rings. The van der Waals surface area contributed by atoms with Crippen LogP contribution in [0, 0.1) is 18.7 Å². The molecular weight excluding hydrogens is 263 g/mol. The van der Waals surface area contributed by atoms with Crippen LogP contribution < -0.4 is 5.73 Å². The SMILES string of the molecule is Cc1ccc(CN2CCCC(CCN)C2)cc1F.Cl. The highest BCUT2D eigenvalue weighted by molar-refractivity contribution is 5.85. The van der Waals surface area contributed by atoms with Gasteiger partial charge in [0, 0.05) is 13.1 Å². The maximum Gasteiger partial charge on any atom is 0.126 e. The zero-order chi connectivity index (χ0) is 13.0. The third-order valence-electron chi connectivity index (χ3n) is 3.82.